The first-order chi connectivity index (χ1) is 12.9. The molecule has 0 radical (unpaired) electrons. The number of nitriles is 1. The molecule has 3 rings (SSSR count). The van der Waals surface area contributed by atoms with Crippen LogP contribution in [0.15, 0.2) is 29.4 Å². The average molecular weight is 390 g/mol. The molecule has 1 aromatic carbocycles. The van der Waals surface area contributed by atoms with Crippen LogP contribution in [-0.2, 0) is 10.0 Å². The maximum Gasteiger partial charge on any atom is 0.216 e. The quantitative estimate of drug-likeness (QED) is 0.595. The van der Waals surface area contributed by atoms with E-state index in [1.165, 1.54) is 0 Å². The number of rotatable bonds is 6. The second-order valence-corrected chi connectivity index (χ2v) is 9.33. The van der Waals surface area contributed by atoms with Gasteiger partial charge in [0.1, 0.15) is 6.17 Å². The number of hydrogen-bond donors (Lipinski definition) is 1. The third kappa shape index (κ3) is 4.42. The van der Waals surface area contributed by atoms with Crippen LogP contribution in [0.1, 0.15) is 37.7 Å². The van der Waals surface area contributed by atoms with Gasteiger partial charge in [0.05, 0.1) is 30.5 Å². The van der Waals surface area contributed by atoms with Crippen molar-refractivity contribution < 1.29 is 8.42 Å². The molecule has 2 fully saturated rings. The Kier molecular flexibility index (Phi) is 6.02. The van der Waals surface area contributed by atoms with Gasteiger partial charge in [-0.05, 0) is 30.5 Å². The van der Waals surface area contributed by atoms with Crippen LogP contribution in [0.25, 0.3) is 0 Å². The largest absolute Gasteiger partial charge is 0.378 e. The Morgan fingerprint density at radius 2 is 1.96 bits per heavy atom. The molecule has 1 heterocycles. The van der Waals surface area contributed by atoms with Gasteiger partial charge in [-0.1, -0.05) is 25.0 Å². The lowest BCUT2D eigenvalue weighted by Crippen LogP contribution is -2.44. The third-order valence-corrected chi connectivity index (χ3v) is 7.33. The minimum Gasteiger partial charge on any atom is -0.378 e. The van der Waals surface area contributed by atoms with Gasteiger partial charge >= 0.3 is 0 Å². The first-order valence-electron chi connectivity index (χ1n) is 9.38. The van der Waals surface area contributed by atoms with Crippen molar-refractivity contribution in [1.29, 1.82) is 5.26 Å². The molecule has 3 unspecified atom stereocenters. The zero-order chi connectivity index (χ0) is 19.4. The van der Waals surface area contributed by atoms with Crippen LogP contribution in [0.4, 0.5) is 5.69 Å². The Bertz CT molecular complexity index is 813. The molecule has 8 heteroatoms. The van der Waals surface area contributed by atoms with E-state index in [1.54, 1.807) is 11.2 Å². The average Bonchev–Trinajstić information content (AvgIpc) is 2.94. The second kappa shape index (κ2) is 8.28. The summed E-state index contributed by atoms with van der Waals surface area (Å²) < 4.78 is 27.8. The molecule has 1 saturated carbocycles. The summed E-state index contributed by atoms with van der Waals surface area (Å²) in [5.74, 6) is 0.0238. The minimum atomic E-state index is -3.32. The minimum absolute atomic E-state index is 0.0238. The molecule has 1 N–H and O–H groups in total. The first-order valence-corrected chi connectivity index (χ1v) is 10.9. The van der Waals surface area contributed by atoms with Crippen molar-refractivity contribution in [3.63, 3.8) is 0 Å². The lowest BCUT2D eigenvalue weighted by molar-refractivity contribution is 0.133. The summed E-state index contributed by atoms with van der Waals surface area (Å²) in [7, 11) is 0.653. The molecule has 0 aromatic heterocycles. The van der Waals surface area contributed by atoms with Crippen LogP contribution in [-0.4, -0.2) is 51.7 Å². The highest BCUT2D eigenvalue weighted by Crippen LogP contribution is 2.38. The van der Waals surface area contributed by atoms with Crippen LogP contribution < -0.4 is 9.62 Å². The molecular formula is C19H27N5O2S. The first kappa shape index (κ1) is 19.6. The van der Waals surface area contributed by atoms with Gasteiger partial charge < -0.3 is 4.90 Å². The topological polar surface area (TPSA) is 88.8 Å². The second-order valence-electron chi connectivity index (χ2n) is 7.40. The fraction of sp³-hybridized carbons (Fsp3) is 0.579. The van der Waals surface area contributed by atoms with Gasteiger partial charge in [-0.3, -0.25) is 5.01 Å². The number of sulfonamides is 1. The number of fused-ring (bicyclic) bond motifs is 1. The summed E-state index contributed by atoms with van der Waals surface area (Å²) in [6.07, 6.45) is 5.24. The zero-order valence-electron chi connectivity index (χ0n) is 15.9. The number of hydrogen-bond acceptors (Lipinski definition) is 6. The summed E-state index contributed by atoms with van der Waals surface area (Å²) in [5.41, 5.74) is 2.03. The van der Waals surface area contributed by atoms with Gasteiger partial charge in [0.25, 0.3) is 0 Å². The smallest absolute Gasteiger partial charge is 0.216 e. The predicted molar refractivity (Wildman–Crippen MR) is 107 cm³/mol. The van der Waals surface area contributed by atoms with E-state index in [-0.39, 0.29) is 17.3 Å². The van der Waals surface area contributed by atoms with E-state index in [0.717, 1.165) is 30.5 Å². The van der Waals surface area contributed by atoms with Gasteiger partial charge in [0.15, 0.2) is 0 Å². The number of hydrazone groups is 1. The van der Waals surface area contributed by atoms with Crippen LogP contribution in [0.3, 0.4) is 0 Å². The van der Waals surface area contributed by atoms with E-state index in [4.69, 9.17) is 5.26 Å². The van der Waals surface area contributed by atoms with Crippen LogP contribution in [0, 0.1) is 17.2 Å². The Balaban J connectivity index is 1.80. The molecule has 0 amide bonds. The third-order valence-electron chi connectivity index (χ3n) is 5.38. The lowest BCUT2D eigenvalue weighted by atomic mass is 9.86. The van der Waals surface area contributed by atoms with E-state index < -0.39 is 10.0 Å². The molecule has 0 bridgehead atoms. The molecule has 3 atom stereocenters. The van der Waals surface area contributed by atoms with Gasteiger partial charge in [0.2, 0.25) is 10.0 Å². The molecule has 1 saturated heterocycles. The lowest BCUT2D eigenvalue weighted by Gasteiger charge is -2.32. The van der Waals surface area contributed by atoms with Crippen molar-refractivity contribution in [1.82, 2.24) is 9.73 Å². The van der Waals surface area contributed by atoms with Crippen molar-refractivity contribution in [3.8, 4) is 6.07 Å². The molecular weight excluding hydrogens is 362 g/mol. The fourth-order valence-corrected chi connectivity index (χ4v) is 5.96. The van der Waals surface area contributed by atoms with Crippen LogP contribution in [0.2, 0.25) is 0 Å². The number of nitrogens with one attached hydrogen (secondary N) is 1. The van der Waals surface area contributed by atoms with E-state index in [1.807, 2.05) is 43.3 Å². The molecule has 1 aliphatic carbocycles. The summed E-state index contributed by atoms with van der Waals surface area (Å²) in [4.78, 5) is 2.02. The number of nitrogens with zero attached hydrogens (tertiary/aromatic N) is 4. The Morgan fingerprint density at radius 3 is 2.63 bits per heavy atom. The maximum atomic E-state index is 12.5. The van der Waals surface area contributed by atoms with Crippen molar-refractivity contribution in [2.45, 2.75) is 43.5 Å². The standard InChI is InChI=1S/C19H27N5O2S/c1-23(2)16-10-8-15(9-11-16)14-21-24(13-5-12-20)19-17-6-3-4-7-18(17)27(25,26)22-19/h8-11,14,17-19,22H,3-7,13H2,1-2H3/b21-14+. The van der Waals surface area contributed by atoms with Gasteiger partial charge in [-0.25, -0.2) is 8.42 Å². The molecule has 7 nitrogen and oxygen atoms in total. The van der Waals surface area contributed by atoms with E-state index in [0.29, 0.717) is 19.4 Å². The van der Waals surface area contributed by atoms with Crippen LogP contribution in [0.5, 0.6) is 0 Å². The van der Waals surface area contributed by atoms with Gasteiger partial charge in [0, 0.05) is 25.7 Å². The number of benzene rings is 1. The summed E-state index contributed by atoms with van der Waals surface area (Å²) >= 11 is 0. The van der Waals surface area contributed by atoms with E-state index in [9.17, 15) is 8.42 Å². The highest BCUT2D eigenvalue weighted by atomic mass is 32.2. The molecule has 1 aromatic rings. The zero-order valence-corrected chi connectivity index (χ0v) is 16.7. The number of anilines is 1. The van der Waals surface area contributed by atoms with E-state index >= 15 is 0 Å². The van der Waals surface area contributed by atoms with Gasteiger partial charge in [-0.2, -0.15) is 15.1 Å². The monoisotopic (exact) mass is 389 g/mol. The normalized spacial score (nSPS) is 26.5. The summed E-state index contributed by atoms with van der Waals surface area (Å²) in [6, 6.07) is 10.1. The Morgan fingerprint density at radius 1 is 1.26 bits per heavy atom. The van der Waals surface area contributed by atoms with E-state index in [2.05, 4.69) is 15.9 Å². The summed E-state index contributed by atoms with van der Waals surface area (Å²) in [6.45, 7) is 0.402. The van der Waals surface area contributed by atoms with Gasteiger partial charge in [-0.15, -0.1) is 0 Å². The SMILES string of the molecule is CN(C)c1ccc(/C=N/N(CCC#N)C2NS(=O)(=O)C3CCCCC23)cc1. The molecule has 27 heavy (non-hydrogen) atoms. The van der Waals surface area contributed by atoms with Crippen molar-refractivity contribution in [2.24, 2.45) is 11.0 Å². The summed E-state index contributed by atoms with van der Waals surface area (Å²) in [5, 5.41) is 15.0. The van der Waals surface area contributed by atoms with Crippen LogP contribution >= 0.6 is 0 Å². The van der Waals surface area contributed by atoms with Crippen molar-refractivity contribution in [2.75, 3.05) is 25.5 Å². The fourth-order valence-electron chi connectivity index (χ4n) is 3.93. The Labute approximate surface area is 161 Å². The molecule has 2 aliphatic rings. The highest BCUT2D eigenvalue weighted by Gasteiger charge is 2.49. The van der Waals surface area contributed by atoms with Crippen molar-refractivity contribution >= 4 is 21.9 Å². The maximum absolute atomic E-state index is 12.5. The molecule has 146 valence electrons. The van der Waals surface area contributed by atoms with Crippen molar-refractivity contribution in [3.05, 3.63) is 29.8 Å². The Hall–Kier alpha value is -2.11. The highest BCUT2D eigenvalue weighted by molar-refractivity contribution is 7.90. The molecule has 1 aliphatic heterocycles. The predicted octanol–water partition coefficient (Wildman–Crippen LogP) is 2.12. The molecule has 0 spiro atoms.